The molecular formula is C29H24ClN3O3. The average Bonchev–Trinajstić information content (AvgIpc) is 2.91. The molecule has 1 fully saturated rings. The third-order valence-corrected chi connectivity index (χ3v) is 6.20. The van der Waals surface area contributed by atoms with E-state index >= 15 is 0 Å². The van der Waals surface area contributed by atoms with E-state index in [-0.39, 0.29) is 18.4 Å². The van der Waals surface area contributed by atoms with Gasteiger partial charge in [0.1, 0.15) is 12.4 Å². The molecule has 6 nitrogen and oxygen atoms in total. The van der Waals surface area contributed by atoms with E-state index in [0.29, 0.717) is 36.0 Å². The van der Waals surface area contributed by atoms with E-state index < -0.39 is 0 Å². The second kappa shape index (κ2) is 10.6. The molecule has 4 aromatic rings. The van der Waals surface area contributed by atoms with Gasteiger partial charge in [-0.2, -0.15) is 0 Å². The van der Waals surface area contributed by atoms with Crippen LogP contribution in [0.5, 0.6) is 5.75 Å². The van der Waals surface area contributed by atoms with Gasteiger partial charge in [0, 0.05) is 29.1 Å². The quantitative estimate of drug-likeness (QED) is 0.302. The number of hydrogen-bond donors (Lipinski definition) is 1. The first-order valence-electron chi connectivity index (χ1n) is 11.7. The fourth-order valence-corrected chi connectivity index (χ4v) is 4.18. The standard InChI is InChI=1S/C29H24ClN3O3/c30-23-10-5-20(6-11-23)17-26(29(35)33-16-15-31-28(34)18-33)21-8-13-25(14-9-21)36-19-24-12-7-22-3-1-2-4-27(22)32-24/h1-14,17H,15-16,18-19H2,(H,31,34). The van der Waals surface area contributed by atoms with Crippen LogP contribution in [0.4, 0.5) is 0 Å². The van der Waals surface area contributed by atoms with Gasteiger partial charge in [0.25, 0.3) is 5.91 Å². The largest absolute Gasteiger partial charge is 0.487 e. The minimum Gasteiger partial charge on any atom is -0.487 e. The number of hydrogen-bond acceptors (Lipinski definition) is 4. The zero-order chi connectivity index (χ0) is 24.9. The Morgan fingerprint density at radius 3 is 2.56 bits per heavy atom. The highest BCUT2D eigenvalue weighted by molar-refractivity contribution is 6.30. The molecule has 0 spiro atoms. The minimum absolute atomic E-state index is 0.0384. The summed E-state index contributed by atoms with van der Waals surface area (Å²) in [7, 11) is 0. The second-order valence-corrected chi connectivity index (χ2v) is 8.93. The van der Waals surface area contributed by atoms with E-state index in [9.17, 15) is 9.59 Å². The van der Waals surface area contributed by atoms with Gasteiger partial charge in [0.15, 0.2) is 0 Å². The number of para-hydroxylation sites is 1. The molecule has 0 unspecified atom stereocenters. The Balaban J connectivity index is 1.36. The van der Waals surface area contributed by atoms with Crippen LogP contribution in [0.25, 0.3) is 22.6 Å². The Labute approximate surface area is 214 Å². The number of benzene rings is 3. The lowest BCUT2D eigenvalue weighted by Crippen LogP contribution is -2.50. The lowest BCUT2D eigenvalue weighted by atomic mass is 10.0. The molecule has 3 aromatic carbocycles. The number of rotatable bonds is 6. The Bertz CT molecular complexity index is 1430. The summed E-state index contributed by atoms with van der Waals surface area (Å²) in [4.78, 5) is 31.5. The highest BCUT2D eigenvalue weighted by Crippen LogP contribution is 2.25. The van der Waals surface area contributed by atoms with Gasteiger partial charge < -0.3 is 15.0 Å². The average molecular weight is 498 g/mol. The molecule has 0 bridgehead atoms. The Morgan fingerprint density at radius 1 is 1.00 bits per heavy atom. The van der Waals surface area contributed by atoms with Crippen molar-refractivity contribution in [3.63, 3.8) is 0 Å². The summed E-state index contributed by atoms with van der Waals surface area (Å²) >= 11 is 6.03. The number of nitrogens with zero attached hydrogens (tertiary/aromatic N) is 2. The maximum Gasteiger partial charge on any atom is 0.255 e. The molecule has 0 radical (unpaired) electrons. The lowest BCUT2D eigenvalue weighted by molar-refractivity contribution is -0.134. The predicted octanol–water partition coefficient (Wildman–Crippen LogP) is 4.97. The third-order valence-electron chi connectivity index (χ3n) is 5.95. The van der Waals surface area contributed by atoms with Crippen molar-refractivity contribution in [2.24, 2.45) is 0 Å². The Morgan fingerprint density at radius 2 is 1.78 bits per heavy atom. The zero-order valence-electron chi connectivity index (χ0n) is 19.5. The van der Waals surface area contributed by atoms with E-state index in [1.165, 1.54) is 0 Å². The van der Waals surface area contributed by atoms with E-state index in [1.54, 1.807) is 17.0 Å². The van der Waals surface area contributed by atoms with Crippen LogP contribution < -0.4 is 10.1 Å². The summed E-state index contributed by atoms with van der Waals surface area (Å²) < 4.78 is 5.95. The number of carbonyl (C=O) groups is 2. The molecule has 2 amide bonds. The summed E-state index contributed by atoms with van der Waals surface area (Å²) in [5.74, 6) is 0.310. The van der Waals surface area contributed by atoms with Gasteiger partial charge in [-0.1, -0.05) is 60.1 Å². The van der Waals surface area contributed by atoms with Crippen LogP contribution in [-0.2, 0) is 16.2 Å². The lowest BCUT2D eigenvalue weighted by Gasteiger charge is -2.27. The molecule has 2 heterocycles. The van der Waals surface area contributed by atoms with Crippen LogP contribution in [0.2, 0.25) is 5.02 Å². The fourth-order valence-electron chi connectivity index (χ4n) is 4.05. The maximum atomic E-state index is 13.4. The Hall–Kier alpha value is -4.16. The third kappa shape index (κ3) is 5.56. The van der Waals surface area contributed by atoms with Gasteiger partial charge in [-0.15, -0.1) is 0 Å². The smallest absolute Gasteiger partial charge is 0.255 e. The molecular weight excluding hydrogens is 474 g/mol. The number of aromatic nitrogens is 1. The van der Waals surface area contributed by atoms with Gasteiger partial charge in [0.05, 0.1) is 17.8 Å². The van der Waals surface area contributed by atoms with Gasteiger partial charge in [-0.3, -0.25) is 9.59 Å². The fraction of sp³-hybridized carbons (Fsp3) is 0.138. The van der Waals surface area contributed by atoms with E-state index in [0.717, 1.165) is 27.7 Å². The molecule has 180 valence electrons. The number of amides is 2. The summed E-state index contributed by atoms with van der Waals surface area (Å²) in [5.41, 5.74) is 3.83. The SMILES string of the molecule is O=C1CN(C(=O)C(=Cc2ccc(Cl)cc2)c2ccc(OCc3ccc4ccccc4n3)cc2)CCN1. The van der Waals surface area contributed by atoms with Gasteiger partial charge in [0.2, 0.25) is 5.91 Å². The molecule has 0 saturated carbocycles. The summed E-state index contributed by atoms with van der Waals surface area (Å²) in [6.07, 6.45) is 1.82. The first-order valence-corrected chi connectivity index (χ1v) is 12.0. The van der Waals surface area contributed by atoms with E-state index in [4.69, 9.17) is 16.3 Å². The molecule has 0 atom stereocenters. The van der Waals surface area contributed by atoms with Crippen LogP contribution in [-0.4, -0.2) is 41.3 Å². The molecule has 5 rings (SSSR count). The number of piperazine rings is 1. The number of halogens is 1. The van der Waals surface area contributed by atoms with Gasteiger partial charge in [-0.25, -0.2) is 4.98 Å². The van der Waals surface area contributed by atoms with Crippen LogP contribution >= 0.6 is 11.6 Å². The monoisotopic (exact) mass is 497 g/mol. The number of fused-ring (bicyclic) bond motifs is 1. The van der Waals surface area contributed by atoms with Crippen molar-refractivity contribution in [1.29, 1.82) is 0 Å². The van der Waals surface area contributed by atoms with Crippen LogP contribution in [0.1, 0.15) is 16.8 Å². The summed E-state index contributed by atoms with van der Waals surface area (Å²) in [5, 5.41) is 4.46. The molecule has 7 heteroatoms. The number of pyridine rings is 1. The van der Waals surface area contributed by atoms with Crippen LogP contribution in [0.3, 0.4) is 0 Å². The van der Waals surface area contributed by atoms with Crippen LogP contribution in [0.15, 0.2) is 84.9 Å². The van der Waals surface area contributed by atoms with Gasteiger partial charge >= 0.3 is 0 Å². The Kier molecular flexibility index (Phi) is 6.96. The van der Waals surface area contributed by atoms with Crippen molar-refractivity contribution >= 4 is 46.0 Å². The van der Waals surface area contributed by atoms with E-state index in [2.05, 4.69) is 10.3 Å². The minimum atomic E-state index is -0.200. The first-order chi connectivity index (χ1) is 17.5. The number of carbonyl (C=O) groups excluding carboxylic acids is 2. The zero-order valence-corrected chi connectivity index (χ0v) is 20.2. The van der Waals surface area contributed by atoms with Crippen molar-refractivity contribution in [2.75, 3.05) is 19.6 Å². The topological polar surface area (TPSA) is 71.5 Å². The van der Waals surface area contributed by atoms with Crippen molar-refractivity contribution in [3.05, 3.63) is 107 Å². The normalized spacial score (nSPS) is 14.0. The maximum absolute atomic E-state index is 13.4. The molecule has 36 heavy (non-hydrogen) atoms. The summed E-state index contributed by atoms with van der Waals surface area (Å²) in [6.45, 7) is 1.27. The molecule has 1 aliphatic heterocycles. The highest BCUT2D eigenvalue weighted by Gasteiger charge is 2.25. The van der Waals surface area contributed by atoms with E-state index in [1.807, 2.05) is 78.9 Å². The van der Waals surface area contributed by atoms with Crippen molar-refractivity contribution in [2.45, 2.75) is 6.61 Å². The predicted molar refractivity (Wildman–Crippen MR) is 141 cm³/mol. The molecule has 1 saturated heterocycles. The van der Waals surface area contributed by atoms with Crippen molar-refractivity contribution in [3.8, 4) is 5.75 Å². The highest BCUT2D eigenvalue weighted by atomic mass is 35.5. The number of nitrogens with one attached hydrogen (secondary N) is 1. The second-order valence-electron chi connectivity index (χ2n) is 8.49. The summed E-state index contributed by atoms with van der Waals surface area (Å²) in [6, 6.07) is 26.6. The number of ether oxygens (including phenoxy) is 1. The molecule has 1 aromatic heterocycles. The molecule has 1 N–H and O–H groups in total. The molecule has 0 aliphatic carbocycles. The van der Waals surface area contributed by atoms with Crippen molar-refractivity contribution in [1.82, 2.24) is 15.2 Å². The van der Waals surface area contributed by atoms with Crippen LogP contribution in [0, 0.1) is 0 Å². The molecule has 1 aliphatic rings. The van der Waals surface area contributed by atoms with Crippen molar-refractivity contribution < 1.29 is 14.3 Å². The van der Waals surface area contributed by atoms with Gasteiger partial charge in [-0.05, 0) is 53.6 Å². The first kappa shape index (κ1) is 23.6.